The van der Waals surface area contributed by atoms with Crippen LogP contribution in [0.15, 0.2) is 46.2 Å². The van der Waals surface area contributed by atoms with E-state index >= 15 is 0 Å². The zero-order valence-electron chi connectivity index (χ0n) is 14.8. The van der Waals surface area contributed by atoms with Crippen molar-refractivity contribution in [2.75, 3.05) is 19.7 Å². The molecule has 7 heteroatoms. The fourth-order valence-electron chi connectivity index (χ4n) is 3.28. The molecule has 1 fully saturated rings. The lowest BCUT2D eigenvalue weighted by atomic mass is 9.97. The number of oxazole rings is 1. The molecule has 0 atom stereocenters. The predicted octanol–water partition coefficient (Wildman–Crippen LogP) is 3.38. The van der Waals surface area contributed by atoms with E-state index in [2.05, 4.69) is 4.98 Å². The molecule has 1 aliphatic heterocycles. The lowest BCUT2D eigenvalue weighted by molar-refractivity contribution is -0.151. The summed E-state index contributed by atoms with van der Waals surface area (Å²) in [6.45, 7) is 1.03. The lowest BCUT2D eigenvalue weighted by Gasteiger charge is -2.30. The lowest BCUT2D eigenvalue weighted by Crippen LogP contribution is -2.40. The molecule has 1 aromatic carbocycles. The van der Waals surface area contributed by atoms with Gasteiger partial charge in [-0.15, -0.1) is 11.3 Å². The Morgan fingerprint density at radius 2 is 2.00 bits per heavy atom. The number of thiophene rings is 1. The summed E-state index contributed by atoms with van der Waals surface area (Å²) in [7, 11) is 0. The third kappa shape index (κ3) is 4.19. The van der Waals surface area contributed by atoms with Gasteiger partial charge in [-0.3, -0.25) is 9.59 Å². The molecule has 0 radical (unpaired) electrons. The number of hydrogen-bond donors (Lipinski definition) is 0. The van der Waals surface area contributed by atoms with Gasteiger partial charge in [0, 0.05) is 23.9 Å². The number of carbonyl (C=O) groups is 2. The third-order valence-electron chi connectivity index (χ3n) is 4.76. The maximum Gasteiger partial charge on any atom is 0.311 e. The molecule has 0 saturated carbocycles. The largest absolute Gasteiger partial charge is 0.455 e. The van der Waals surface area contributed by atoms with Crippen LogP contribution >= 0.6 is 11.3 Å². The Balaban J connectivity index is 1.26. The Morgan fingerprint density at radius 1 is 1.19 bits per heavy atom. The van der Waals surface area contributed by atoms with Gasteiger partial charge in [-0.1, -0.05) is 18.2 Å². The second-order valence-corrected chi connectivity index (χ2v) is 7.62. The van der Waals surface area contributed by atoms with Crippen molar-refractivity contribution in [1.29, 1.82) is 0 Å². The van der Waals surface area contributed by atoms with Crippen LogP contribution in [0.25, 0.3) is 11.1 Å². The summed E-state index contributed by atoms with van der Waals surface area (Å²) in [5.41, 5.74) is 1.66. The number of piperidine rings is 1. The van der Waals surface area contributed by atoms with Crippen LogP contribution in [-0.2, 0) is 20.7 Å². The molecule has 6 nitrogen and oxygen atoms in total. The molecule has 1 aliphatic rings. The number of rotatable bonds is 5. The van der Waals surface area contributed by atoms with Crippen molar-refractivity contribution in [2.45, 2.75) is 25.2 Å². The number of para-hydroxylation sites is 2. The Bertz CT molecular complexity index is 894. The second-order valence-electron chi connectivity index (χ2n) is 6.59. The smallest absolute Gasteiger partial charge is 0.311 e. The maximum atomic E-state index is 12.3. The van der Waals surface area contributed by atoms with E-state index in [0.29, 0.717) is 13.1 Å². The summed E-state index contributed by atoms with van der Waals surface area (Å²) in [5.74, 6) is 0.436. The van der Waals surface area contributed by atoms with E-state index in [0.717, 1.165) is 34.7 Å². The van der Waals surface area contributed by atoms with Crippen LogP contribution in [0.3, 0.4) is 0 Å². The highest BCUT2D eigenvalue weighted by Crippen LogP contribution is 2.29. The molecule has 0 N–H and O–H groups in total. The minimum absolute atomic E-state index is 0.148. The SMILES string of the molecule is O=C(Cc1cccs1)OCC(=O)N1CCC(c2nc3ccccc3o2)CC1. The van der Waals surface area contributed by atoms with E-state index < -0.39 is 0 Å². The summed E-state index contributed by atoms with van der Waals surface area (Å²) in [6, 6.07) is 11.5. The van der Waals surface area contributed by atoms with E-state index in [1.807, 2.05) is 41.8 Å². The highest BCUT2D eigenvalue weighted by atomic mass is 32.1. The van der Waals surface area contributed by atoms with Crippen LogP contribution in [0, 0.1) is 0 Å². The maximum absolute atomic E-state index is 12.3. The molecule has 3 aromatic rings. The van der Waals surface area contributed by atoms with Gasteiger partial charge in [0.15, 0.2) is 18.1 Å². The van der Waals surface area contributed by atoms with E-state index in [-0.39, 0.29) is 30.8 Å². The van der Waals surface area contributed by atoms with Gasteiger partial charge in [0.2, 0.25) is 0 Å². The van der Waals surface area contributed by atoms with Crippen molar-refractivity contribution >= 4 is 34.3 Å². The number of hydrogen-bond acceptors (Lipinski definition) is 6. The summed E-state index contributed by atoms with van der Waals surface area (Å²) in [4.78, 5) is 31.4. The highest BCUT2D eigenvalue weighted by molar-refractivity contribution is 7.10. The summed E-state index contributed by atoms with van der Waals surface area (Å²) in [6.07, 6.45) is 1.80. The number of carbonyl (C=O) groups excluding carboxylic acids is 2. The summed E-state index contributed by atoms with van der Waals surface area (Å²) < 4.78 is 11.0. The molecule has 0 aliphatic carbocycles. The minimum Gasteiger partial charge on any atom is -0.455 e. The molecule has 2 aromatic heterocycles. The van der Waals surface area contributed by atoms with Crippen molar-refractivity contribution in [3.8, 4) is 0 Å². The Labute approximate surface area is 160 Å². The summed E-state index contributed by atoms with van der Waals surface area (Å²) >= 11 is 1.50. The molecule has 140 valence electrons. The Hall–Kier alpha value is -2.67. The zero-order chi connectivity index (χ0) is 18.6. The van der Waals surface area contributed by atoms with Gasteiger partial charge < -0.3 is 14.1 Å². The first-order chi connectivity index (χ1) is 13.2. The zero-order valence-corrected chi connectivity index (χ0v) is 15.6. The van der Waals surface area contributed by atoms with Gasteiger partial charge in [0.25, 0.3) is 5.91 Å². The first kappa shape index (κ1) is 17.7. The van der Waals surface area contributed by atoms with E-state index in [4.69, 9.17) is 9.15 Å². The molecule has 3 heterocycles. The van der Waals surface area contributed by atoms with Gasteiger partial charge in [0.05, 0.1) is 6.42 Å². The Morgan fingerprint density at radius 3 is 2.74 bits per heavy atom. The van der Waals surface area contributed by atoms with Crippen molar-refractivity contribution in [1.82, 2.24) is 9.88 Å². The average molecular weight is 384 g/mol. The standard InChI is InChI=1S/C20H20N2O4S/c23-18(13-25-19(24)12-15-4-3-11-27-15)22-9-7-14(8-10-22)20-21-16-5-1-2-6-17(16)26-20/h1-6,11,14H,7-10,12-13H2. The van der Waals surface area contributed by atoms with Crippen LogP contribution in [-0.4, -0.2) is 41.5 Å². The number of nitrogens with zero attached hydrogens (tertiary/aromatic N) is 2. The molecule has 0 unspecified atom stereocenters. The Kier molecular flexibility index (Phi) is 5.20. The number of likely N-dealkylation sites (tertiary alicyclic amines) is 1. The van der Waals surface area contributed by atoms with Crippen LogP contribution in [0.5, 0.6) is 0 Å². The predicted molar refractivity (Wildman–Crippen MR) is 102 cm³/mol. The first-order valence-corrected chi connectivity index (χ1v) is 9.88. The van der Waals surface area contributed by atoms with Crippen molar-refractivity contribution in [3.63, 3.8) is 0 Å². The number of benzene rings is 1. The van der Waals surface area contributed by atoms with Gasteiger partial charge in [-0.25, -0.2) is 4.98 Å². The van der Waals surface area contributed by atoms with Crippen LogP contribution in [0.4, 0.5) is 0 Å². The van der Waals surface area contributed by atoms with Gasteiger partial charge in [-0.2, -0.15) is 0 Å². The quantitative estimate of drug-likeness (QED) is 0.631. The first-order valence-electron chi connectivity index (χ1n) is 9.00. The minimum atomic E-state index is -0.368. The molecule has 0 spiro atoms. The van der Waals surface area contributed by atoms with Crippen LogP contribution in [0.1, 0.15) is 29.5 Å². The number of fused-ring (bicyclic) bond motifs is 1. The average Bonchev–Trinajstić information content (AvgIpc) is 3.35. The molecule has 0 bridgehead atoms. The van der Waals surface area contributed by atoms with E-state index in [1.54, 1.807) is 4.90 Å². The summed E-state index contributed by atoms with van der Waals surface area (Å²) in [5, 5.41) is 1.91. The number of aromatic nitrogens is 1. The van der Waals surface area contributed by atoms with Gasteiger partial charge >= 0.3 is 5.97 Å². The third-order valence-corrected chi connectivity index (χ3v) is 5.64. The normalized spacial score (nSPS) is 15.2. The van der Waals surface area contributed by atoms with Crippen molar-refractivity contribution < 1.29 is 18.7 Å². The molecule has 4 rings (SSSR count). The monoisotopic (exact) mass is 384 g/mol. The molecule has 1 saturated heterocycles. The number of ether oxygens (including phenoxy) is 1. The topological polar surface area (TPSA) is 72.6 Å². The van der Waals surface area contributed by atoms with Crippen molar-refractivity contribution in [3.05, 3.63) is 52.5 Å². The van der Waals surface area contributed by atoms with E-state index in [9.17, 15) is 9.59 Å². The second kappa shape index (κ2) is 7.92. The fourth-order valence-corrected chi connectivity index (χ4v) is 3.97. The highest BCUT2D eigenvalue weighted by Gasteiger charge is 2.27. The number of amides is 1. The van der Waals surface area contributed by atoms with Gasteiger partial charge in [0.1, 0.15) is 5.52 Å². The molecular formula is C20H20N2O4S. The molecule has 27 heavy (non-hydrogen) atoms. The van der Waals surface area contributed by atoms with E-state index in [1.165, 1.54) is 11.3 Å². The van der Waals surface area contributed by atoms with Crippen LogP contribution < -0.4 is 0 Å². The molecule has 1 amide bonds. The van der Waals surface area contributed by atoms with Crippen LogP contribution in [0.2, 0.25) is 0 Å². The number of esters is 1. The fraction of sp³-hybridized carbons (Fsp3) is 0.350. The molecular weight excluding hydrogens is 364 g/mol. The van der Waals surface area contributed by atoms with Gasteiger partial charge in [-0.05, 0) is 36.4 Å². The van der Waals surface area contributed by atoms with Crippen molar-refractivity contribution in [2.24, 2.45) is 0 Å².